The van der Waals surface area contributed by atoms with Crippen molar-refractivity contribution in [3.63, 3.8) is 0 Å². The zero-order valence-corrected chi connectivity index (χ0v) is 15.3. The summed E-state index contributed by atoms with van der Waals surface area (Å²) in [5.74, 6) is 0.633. The van der Waals surface area contributed by atoms with Gasteiger partial charge in [0, 0.05) is 0 Å². The Morgan fingerprint density at radius 2 is 1.37 bits per heavy atom. The van der Waals surface area contributed by atoms with Crippen LogP contribution >= 0.6 is 0 Å². The number of esters is 1. The summed E-state index contributed by atoms with van der Waals surface area (Å²) in [6, 6.07) is 26.5. The first-order chi connectivity index (χ1) is 13.3. The molecule has 0 heterocycles. The molecule has 4 heteroatoms. The average Bonchev–Trinajstić information content (AvgIpc) is 2.73. The largest absolute Gasteiger partial charge is 0.485 e. The van der Waals surface area contributed by atoms with Crippen LogP contribution in [0.4, 0.5) is 0 Å². The highest BCUT2D eigenvalue weighted by molar-refractivity contribution is 5.79. The Balaban J connectivity index is 1.66. The fourth-order valence-corrected chi connectivity index (χ4v) is 2.72. The Hall–Kier alpha value is -3.11. The number of carbonyl (C=O) groups excluding carboxylic acids is 1. The van der Waals surface area contributed by atoms with Gasteiger partial charge in [0.25, 0.3) is 0 Å². The Labute approximate surface area is 159 Å². The van der Waals surface area contributed by atoms with Crippen LogP contribution in [0.1, 0.15) is 11.1 Å². The second kappa shape index (κ2) is 9.55. The van der Waals surface area contributed by atoms with Gasteiger partial charge in [-0.25, -0.2) is 4.79 Å². The lowest BCUT2D eigenvalue weighted by Crippen LogP contribution is -2.39. The van der Waals surface area contributed by atoms with Crippen LogP contribution in [-0.2, 0) is 17.8 Å². The first-order valence-corrected chi connectivity index (χ1v) is 8.95. The van der Waals surface area contributed by atoms with Gasteiger partial charge < -0.3 is 14.8 Å². The standard InChI is InChI=1S/C23H23NO3/c1-24-20(16-18-10-4-2-5-11-18)23(25)27-22-15-9-8-14-21(22)26-17-19-12-6-3-7-13-19/h2-15,20,24H,16-17H2,1H3/t20-/m1/s1. The first kappa shape index (κ1) is 18.7. The lowest BCUT2D eigenvalue weighted by atomic mass is 10.1. The normalized spacial score (nSPS) is 11.6. The molecule has 0 unspecified atom stereocenters. The highest BCUT2D eigenvalue weighted by Gasteiger charge is 2.20. The molecular formula is C23H23NO3. The van der Waals surface area contributed by atoms with E-state index in [4.69, 9.17) is 9.47 Å². The Bertz CT molecular complexity index is 850. The molecule has 4 nitrogen and oxygen atoms in total. The SMILES string of the molecule is CN[C@H](Cc1ccccc1)C(=O)Oc1ccccc1OCc1ccccc1. The predicted molar refractivity (Wildman–Crippen MR) is 106 cm³/mol. The van der Waals surface area contributed by atoms with Crippen LogP contribution in [0.2, 0.25) is 0 Å². The number of likely N-dealkylation sites (N-methyl/N-ethyl adjacent to an activating group) is 1. The minimum absolute atomic E-state index is 0.336. The third-order valence-corrected chi connectivity index (χ3v) is 4.21. The third kappa shape index (κ3) is 5.43. The monoisotopic (exact) mass is 361 g/mol. The minimum atomic E-state index is -0.436. The van der Waals surface area contributed by atoms with Crippen molar-refractivity contribution in [2.24, 2.45) is 0 Å². The van der Waals surface area contributed by atoms with Crippen molar-refractivity contribution in [3.8, 4) is 11.5 Å². The van der Waals surface area contributed by atoms with E-state index >= 15 is 0 Å². The molecular weight excluding hydrogens is 338 g/mol. The quantitative estimate of drug-likeness (QED) is 0.487. The van der Waals surface area contributed by atoms with Gasteiger partial charge in [-0.3, -0.25) is 0 Å². The van der Waals surface area contributed by atoms with Crippen LogP contribution in [0.25, 0.3) is 0 Å². The fraction of sp³-hybridized carbons (Fsp3) is 0.174. The molecule has 0 saturated carbocycles. The second-order valence-electron chi connectivity index (χ2n) is 6.17. The molecule has 0 fully saturated rings. The molecule has 0 spiro atoms. The maximum absolute atomic E-state index is 12.6. The van der Waals surface area contributed by atoms with Crippen molar-refractivity contribution >= 4 is 5.97 Å². The molecule has 0 aromatic heterocycles. The first-order valence-electron chi connectivity index (χ1n) is 8.95. The highest BCUT2D eigenvalue weighted by Crippen LogP contribution is 2.27. The molecule has 1 atom stereocenters. The lowest BCUT2D eigenvalue weighted by Gasteiger charge is -2.17. The van der Waals surface area contributed by atoms with Crippen molar-refractivity contribution < 1.29 is 14.3 Å². The van der Waals surface area contributed by atoms with Crippen molar-refractivity contribution in [1.82, 2.24) is 5.32 Å². The topological polar surface area (TPSA) is 47.6 Å². The summed E-state index contributed by atoms with van der Waals surface area (Å²) < 4.78 is 11.5. The zero-order valence-electron chi connectivity index (χ0n) is 15.3. The summed E-state index contributed by atoms with van der Waals surface area (Å²) in [5.41, 5.74) is 2.12. The summed E-state index contributed by atoms with van der Waals surface area (Å²) in [4.78, 5) is 12.6. The molecule has 27 heavy (non-hydrogen) atoms. The van der Waals surface area contributed by atoms with Gasteiger partial charge in [-0.05, 0) is 36.7 Å². The Kier molecular flexibility index (Phi) is 6.61. The van der Waals surface area contributed by atoms with Crippen LogP contribution in [0, 0.1) is 0 Å². The molecule has 0 aliphatic rings. The summed E-state index contributed by atoms with van der Waals surface area (Å²) in [6.45, 7) is 0.412. The average molecular weight is 361 g/mol. The summed E-state index contributed by atoms with van der Waals surface area (Å²) in [6.07, 6.45) is 0.559. The number of para-hydroxylation sites is 2. The predicted octanol–water partition coefficient (Wildman–Crippen LogP) is 4.00. The smallest absolute Gasteiger partial charge is 0.328 e. The summed E-state index contributed by atoms with van der Waals surface area (Å²) in [5, 5.41) is 3.03. The molecule has 138 valence electrons. The number of ether oxygens (including phenoxy) is 2. The minimum Gasteiger partial charge on any atom is -0.485 e. The van der Waals surface area contributed by atoms with Gasteiger partial charge in [0.05, 0.1) is 0 Å². The van der Waals surface area contributed by atoms with Gasteiger partial charge in [-0.2, -0.15) is 0 Å². The zero-order chi connectivity index (χ0) is 18.9. The maximum atomic E-state index is 12.6. The van der Waals surface area contributed by atoms with Gasteiger partial charge in [-0.1, -0.05) is 72.8 Å². The van der Waals surface area contributed by atoms with Crippen molar-refractivity contribution in [1.29, 1.82) is 0 Å². The van der Waals surface area contributed by atoms with E-state index in [1.807, 2.05) is 72.8 Å². The Morgan fingerprint density at radius 3 is 2.00 bits per heavy atom. The van der Waals surface area contributed by atoms with E-state index < -0.39 is 6.04 Å². The molecule has 3 aromatic carbocycles. The van der Waals surface area contributed by atoms with Crippen molar-refractivity contribution in [2.75, 3.05) is 7.05 Å². The van der Waals surface area contributed by atoms with E-state index in [9.17, 15) is 4.79 Å². The Morgan fingerprint density at radius 1 is 0.815 bits per heavy atom. The van der Waals surface area contributed by atoms with Crippen LogP contribution in [0.3, 0.4) is 0 Å². The van der Waals surface area contributed by atoms with E-state index in [0.29, 0.717) is 24.5 Å². The maximum Gasteiger partial charge on any atom is 0.328 e. The van der Waals surface area contributed by atoms with Gasteiger partial charge in [-0.15, -0.1) is 0 Å². The molecule has 0 radical (unpaired) electrons. The number of benzene rings is 3. The number of carbonyl (C=O) groups is 1. The van der Waals surface area contributed by atoms with E-state index in [1.54, 1.807) is 19.2 Å². The van der Waals surface area contributed by atoms with Gasteiger partial charge >= 0.3 is 5.97 Å². The second-order valence-corrected chi connectivity index (χ2v) is 6.17. The van der Waals surface area contributed by atoms with Crippen LogP contribution in [-0.4, -0.2) is 19.1 Å². The van der Waals surface area contributed by atoms with Gasteiger partial charge in [0.1, 0.15) is 12.6 Å². The third-order valence-electron chi connectivity index (χ3n) is 4.21. The molecule has 1 N–H and O–H groups in total. The van der Waals surface area contributed by atoms with E-state index in [0.717, 1.165) is 11.1 Å². The number of rotatable bonds is 8. The van der Waals surface area contributed by atoms with Gasteiger partial charge in [0.2, 0.25) is 0 Å². The van der Waals surface area contributed by atoms with Crippen LogP contribution in [0.5, 0.6) is 11.5 Å². The van der Waals surface area contributed by atoms with E-state index in [1.165, 1.54) is 0 Å². The summed E-state index contributed by atoms with van der Waals surface area (Å²) in [7, 11) is 1.76. The molecule has 3 aromatic rings. The molecule has 0 aliphatic carbocycles. The molecule has 0 bridgehead atoms. The molecule has 0 amide bonds. The lowest BCUT2D eigenvalue weighted by molar-refractivity contribution is -0.136. The number of nitrogens with one attached hydrogen (secondary N) is 1. The van der Waals surface area contributed by atoms with Crippen LogP contribution < -0.4 is 14.8 Å². The molecule has 3 rings (SSSR count). The number of hydrogen-bond donors (Lipinski definition) is 1. The molecule has 0 saturated heterocycles. The van der Waals surface area contributed by atoms with Crippen molar-refractivity contribution in [3.05, 3.63) is 96.1 Å². The fourth-order valence-electron chi connectivity index (χ4n) is 2.72. The van der Waals surface area contributed by atoms with E-state index in [2.05, 4.69) is 5.32 Å². The molecule has 0 aliphatic heterocycles. The summed E-state index contributed by atoms with van der Waals surface area (Å²) >= 11 is 0. The van der Waals surface area contributed by atoms with Crippen LogP contribution in [0.15, 0.2) is 84.9 Å². The highest BCUT2D eigenvalue weighted by atomic mass is 16.6. The van der Waals surface area contributed by atoms with Gasteiger partial charge in [0.15, 0.2) is 11.5 Å². The van der Waals surface area contributed by atoms with Crippen molar-refractivity contribution in [2.45, 2.75) is 19.1 Å². The number of hydrogen-bond acceptors (Lipinski definition) is 4. The van der Waals surface area contributed by atoms with E-state index in [-0.39, 0.29) is 5.97 Å².